The van der Waals surface area contributed by atoms with E-state index in [1.807, 2.05) is 6.92 Å². The highest BCUT2D eigenvalue weighted by molar-refractivity contribution is 5.99. The van der Waals surface area contributed by atoms with Gasteiger partial charge < -0.3 is 19.7 Å². The lowest BCUT2D eigenvalue weighted by atomic mass is 10.0. The molecule has 29 heavy (non-hydrogen) atoms. The van der Waals surface area contributed by atoms with Gasteiger partial charge in [0.25, 0.3) is 5.91 Å². The van der Waals surface area contributed by atoms with Crippen LogP contribution in [0.3, 0.4) is 0 Å². The molecule has 3 atom stereocenters. The van der Waals surface area contributed by atoms with Crippen LogP contribution >= 0.6 is 0 Å². The molecule has 1 aliphatic heterocycles. The van der Waals surface area contributed by atoms with Crippen molar-refractivity contribution in [1.29, 1.82) is 0 Å². The number of hydrogen-bond acceptors (Lipinski definition) is 5. The van der Waals surface area contributed by atoms with Gasteiger partial charge in [0.05, 0.1) is 11.7 Å². The number of rotatable bonds is 4. The molecule has 7 nitrogen and oxygen atoms in total. The zero-order chi connectivity index (χ0) is 21.6. The molecule has 0 saturated carbocycles. The van der Waals surface area contributed by atoms with Crippen LogP contribution in [0.5, 0.6) is 5.75 Å². The van der Waals surface area contributed by atoms with Crippen LogP contribution in [0.25, 0.3) is 0 Å². The summed E-state index contributed by atoms with van der Waals surface area (Å²) < 4.78 is 11.7. The molecule has 0 unspecified atom stereocenters. The number of ether oxygens (including phenoxy) is 2. The molecule has 1 aromatic rings. The van der Waals surface area contributed by atoms with Crippen LogP contribution in [0.15, 0.2) is 18.2 Å². The number of anilines is 1. The van der Waals surface area contributed by atoms with E-state index in [1.54, 1.807) is 37.3 Å². The first-order chi connectivity index (χ1) is 13.8. The zero-order valence-electron chi connectivity index (χ0n) is 18.5. The minimum Gasteiger partial charge on any atom is -0.491 e. The number of likely N-dealkylation sites (N-methyl/N-ethyl adjacent to an activating group) is 2. The molecule has 1 aliphatic rings. The van der Waals surface area contributed by atoms with E-state index in [2.05, 4.69) is 31.1 Å². The predicted octanol–water partition coefficient (Wildman–Crippen LogP) is 2.86. The Bertz CT molecular complexity index is 709. The van der Waals surface area contributed by atoms with Gasteiger partial charge in [-0.1, -0.05) is 13.8 Å². The molecule has 2 rings (SSSR count). The summed E-state index contributed by atoms with van der Waals surface area (Å²) >= 11 is 0. The second-order valence-electron chi connectivity index (χ2n) is 8.05. The smallest absolute Gasteiger partial charge is 0.257 e. The van der Waals surface area contributed by atoms with Crippen molar-refractivity contribution < 1.29 is 19.1 Å². The Labute approximate surface area is 174 Å². The highest BCUT2D eigenvalue weighted by Crippen LogP contribution is 2.26. The first-order valence-corrected chi connectivity index (χ1v) is 10.3. The summed E-state index contributed by atoms with van der Waals surface area (Å²) in [5.41, 5.74) is 1.04. The fraction of sp³-hybridized carbons (Fsp3) is 0.636. The number of nitrogens with zero attached hydrogens (tertiary/aromatic N) is 2. The third-order valence-electron chi connectivity index (χ3n) is 5.52. The minimum atomic E-state index is -0.151. The molecule has 1 heterocycles. The fourth-order valence-corrected chi connectivity index (χ4v) is 3.49. The van der Waals surface area contributed by atoms with E-state index in [4.69, 9.17) is 9.47 Å². The van der Waals surface area contributed by atoms with Crippen molar-refractivity contribution in [2.45, 2.75) is 45.8 Å². The average molecular weight is 406 g/mol. The monoisotopic (exact) mass is 405 g/mol. The highest BCUT2D eigenvalue weighted by Gasteiger charge is 2.27. The van der Waals surface area contributed by atoms with E-state index in [-0.39, 0.29) is 29.9 Å². The molecule has 0 radical (unpaired) electrons. The van der Waals surface area contributed by atoms with Gasteiger partial charge in [0.2, 0.25) is 5.91 Å². The lowest BCUT2D eigenvalue weighted by molar-refractivity contribution is -0.116. The second kappa shape index (κ2) is 10.6. The fourth-order valence-electron chi connectivity index (χ4n) is 3.49. The number of benzene rings is 1. The van der Waals surface area contributed by atoms with Crippen LogP contribution in [-0.2, 0) is 9.53 Å². The summed E-state index contributed by atoms with van der Waals surface area (Å²) in [4.78, 5) is 29.1. The number of amides is 2. The first-order valence-electron chi connectivity index (χ1n) is 10.3. The van der Waals surface area contributed by atoms with E-state index in [9.17, 15) is 9.59 Å². The van der Waals surface area contributed by atoms with Gasteiger partial charge in [0.15, 0.2) is 0 Å². The van der Waals surface area contributed by atoms with E-state index < -0.39 is 0 Å². The van der Waals surface area contributed by atoms with Gasteiger partial charge in [-0.05, 0) is 44.5 Å². The van der Waals surface area contributed by atoms with Gasteiger partial charge in [0, 0.05) is 45.4 Å². The SMILES string of the molecule is CCCC(=O)Nc1ccc2c(c1)C(=O)N(C)C[C@H](OC)[C@H](C)CN(C)[C@@H](C)CO2. The lowest BCUT2D eigenvalue weighted by Gasteiger charge is -2.34. The molecular weight excluding hydrogens is 370 g/mol. The molecule has 1 aromatic carbocycles. The van der Waals surface area contributed by atoms with Crippen LogP contribution in [0.1, 0.15) is 44.0 Å². The molecule has 1 N–H and O–H groups in total. The summed E-state index contributed by atoms with van der Waals surface area (Å²) in [5, 5.41) is 2.86. The molecule has 0 aliphatic carbocycles. The molecule has 7 heteroatoms. The molecule has 0 spiro atoms. The number of methoxy groups -OCH3 is 1. The van der Waals surface area contributed by atoms with Crippen LogP contribution < -0.4 is 10.1 Å². The van der Waals surface area contributed by atoms with E-state index in [0.717, 1.165) is 13.0 Å². The molecular formula is C22H35N3O4. The van der Waals surface area contributed by atoms with Gasteiger partial charge >= 0.3 is 0 Å². The molecule has 162 valence electrons. The van der Waals surface area contributed by atoms with Crippen molar-refractivity contribution in [2.75, 3.05) is 46.2 Å². The van der Waals surface area contributed by atoms with Crippen molar-refractivity contribution in [1.82, 2.24) is 9.80 Å². The Kier molecular flexibility index (Phi) is 8.46. The quantitative estimate of drug-likeness (QED) is 0.834. The van der Waals surface area contributed by atoms with Gasteiger partial charge in [-0.25, -0.2) is 0 Å². The van der Waals surface area contributed by atoms with Crippen molar-refractivity contribution >= 4 is 17.5 Å². The summed E-state index contributed by atoms with van der Waals surface area (Å²) in [6, 6.07) is 5.42. The van der Waals surface area contributed by atoms with Gasteiger partial charge in [-0.15, -0.1) is 0 Å². The predicted molar refractivity (Wildman–Crippen MR) is 114 cm³/mol. The molecule has 0 bridgehead atoms. The number of hydrogen-bond donors (Lipinski definition) is 1. The summed E-state index contributed by atoms with van der Waals surface area (Å²) in [7, 11) is 5.53. The number of carbonyl (C=O) groups is 2. The first kappa shape index (κ1) is 23.2. The summed E-state index contributed by atoms with van der Waals surface area (Å²) in [6.45, 7) is 7.98. The maximum Gasteiger partial charge on any atom is 0.257 e. The Morgan fingerprint density at radius 1 is 1.28 bits per heavy atom. The Hall–Kier alpha value is -2.12. The van der Waals surface area contributed by atoms with Crippen molar-refractivity contribution in [2.24, 2.45) is 5.92 Å². The van der Waals surface area contributed by atoms with Gasteiger partial charge in [0.1, 0.15) is 12.4 Å². The summed E-state index contributed by atoms with van der Waals surface area (Å²) in [6.07, 6.45) is 1.14. The molecule has 2 amide bonds. The summed E-state index contributed by atoms with van der Waals surface area (Å²) in [5.74, 6) is 0.563. The zero-order valence-corrected chi connectivity index (χ0v) is 18.5. The lowest BCUT2D eigenvalue weighted by Crippen LogP contribution is -2.45. The maximum atomic E-state index is 13.2. The number of carbonyl (C=O) groups excluding carboxylic acids is 2. The number of fused-ring (bicyclic) bond motifs is 1. The van der Waals surface area contributed by atoms with Crippen LogP contribution in [0, 0.1) is 5.92 Å². The highest BCUT2D eigenvalue weighted by atomic mass is 16.5. The minimum absolute atomic E-state index is 0.0640. The normalized spacial score (nSPS) is 24.1. The molecule has 0 aromatic heterocycles. The maximum absolute atomic E-state index is 13.2. The van der Waals surface area contributed by atoms with Crippen LogP contribution in [0.2, 0.25) is 0 Å². The van der Waals surface area contributed by atoms with E-state index >= 15 is 0 Å². The second-order valence-corrected chi connectivity index (χ2v) is 8.05. The Morgan fingerprint density at radius 2 is 2.00 bits per heavy atom. The van der Waals surface area contributed by atoms with Crippen LogP contribution in [0.4, 0.5) is 5.69 Å². The van der Waals surface area contributed by atoms with Crippen molar-refractivity contribution in [3.05, 3.63) is 23.8 Å². The van der Waals surface area contributed by atoms with Gasteiger partial charge in [-0.3, -0.25) is 14.5 Å². The topological polar surface area (TPSA) is 71.1 Å². The number of nitrogens with one attached hydrogen (secondary N) is 1. The molecule has 0 fully saturated rings. The van der Waals surface area contributed by atoms with Crippen molar-refractivity contribution in [3.8, 4) is 5.75 Å². The average Bonchev–Trinajstić information content (AvgIpc) is 2.69. The molecule has 0 saturated heterocycles. The largest absolute Gasteiger partial charge is 0.491 e. The third-order valence-corrected chi connectivity index (χ3v) is 5.52. The Morgan fingerprint density at radius 3 is 2.66 bits per heavy atom. The van der Waals surface area contributed by atoms with Gasteiger partial charge in [-0.2, -0.15) is 0 Å². The van der Waals surface area contributed by atoms with Crippen molar-refractivity contribution in [3.63, 3.8) is 0 Å². The van der Waals surface area contributed by atoms with E-state index in [1.165, 1.54) is 0 Å². The third kappa shape index (κ3) is 6.18. The Balaban J connectivity index is 2.37. The van der Waals surface area contributed by atoms with Crippen LogP contribution in [-0.4, -0.2) is 74.7 Å². The van der Waals surface area contributed by atoms with E-state index in [0.29, 0.717) is 36.6 Å². The standard InChI is InChI=1S/C22H35N3O4/c1-7-8-21(26)23-17-9-10-19-18(11-17)22(27)25(5)13-20(28-6)15(2)12-24(4)16(3)14-29-19/h9-11,15-16,20H,7-8,12-14H2,1-6H3,(H,23,26)/t15-,16+,20+/m1/s1.